The van der Waals surface area contributed by atoms with Crippen LogP contribution in [-0.2, 0) is 18.6 Å². The maximum atomic E-state index is 11.0. The monoisotopic (exact) mass is 424 g/mol. The van der Waals surface area contributed by atoms with Crippen LogP contribution in [0.4, 0.5) is 0 Å². The number of ether oxygens (including phenoxy) is 4. The molecule has 1 aromatic rings. The number of fused-ring (bicyclic) bond motifs is 1. The Balaban J connectivity index is 1.76. The summed E-state index contributed by atoms with van der Waals surface area (Å²) in [5.41, 5.74) is 0.758. The topological polar surface area (TPSA) is 66.4 Å². The van der Waals surface area contributed by atoms with Crippen LogP contribution in [0.2, 0.25) is 18.1 Å². The SMILES string of the molecule is COc1ccc([C@H](O)[C@H]2O[C@H](CO[Si](C)(C)C(C)(C)C)[C@H]3OC(C)(C)O[C@H]32)cc1. The summed E-state index contributed by atoms with van der Waals surface area (Å²) in [7, 11) is -0.309. The number of aliphatic hydroxyl groups is 1. The molecular formula is C22H36O6Si. The van der Waals surface area contributed by atoms with Crippen LogP contribution >= 0.6 is 0 Å². The highest BCUT2D eigenvalue weighted by Gasteiger charge is 2.57. The van der Waals surface area contributed by atoms with Gasteiger partial charge in [0.2, 0.25) is 0 Å². The fraction of sp³-hybridized carbons (Fsp3) is 0.727. The molecule has 0 bridgehead atoms. The van der Waals surface area contributed by atoms with E-state index in [9.17, 15) is 5.11 Å². The fourth-order valence-electron chi connectivity index (χ4n) is 3.60. The van der Waals surface area contributed by atoms with Gasteiger partial charge in [-0.05, 0) is 49.7 Å². The summed E-state index contributed by atoms with van der Waals surface area (Å²) in [5.74, 6) is 0.0278. The molecule has 0 aliphatic carbocycles. The lowest BCUT2D eigenvalue weighted by atomic mass is 9.98. The molecule has 2 fully saturated rings. The summed E-state index contributed by atoms with van der Waals surface area (Å²) in [4.78, 5) is 0. The number of hydrogen-bond acceptors (Lipinski definition) is 6. The average Bonchev–Trinajstić information content (AvgIpc) is 3.11. The normalized spacial score (nSPS) is 30.2. The van der Waals surface area contributed by atoms with E-state index < -0.39 is 26.3 Å². The van der Waals surface area contributed by atoms with Crippen molar-refractivity contribution >= 4 is 8.32 Å². The van der Waals surface area contributed by atoms with Crippen molar-refractivity contribution in [2.75, 3.05) is 13.7 Å². The van der Waals surface area contributed by atoms with E-state index in [1.807, 2.05) is 38.1 Å². The first kappa shape index (κ1) is 22.7. The lowest BCUT2D eigenvalue weighted by Crippen LogP contribution is -2.44. The maximum absolute atomic E-state index is 11.0. The number of aliphatic hydroxyl groups excluding tert-OH is 1. The van der Waals surface area contributed by atoms with Crippen LogP contribution in [0.3, 0.4) is 0 Å². The van der Waals surface area contributed by atoms with Crippen molar-refractivity contribution in [2.24, 2.45) is 0 Å². The lowest BCUT2D eigenvalue weighted by molar-refractivity contribution is -0.200. The maximum Gasteiger partial charge on any atom is 0.192 e. The van der Waals surface area contributed by atoms with Gasteiger partial charge in [0.05, 0.1) is 13.7 Å². The summed E-state index contributed by atoms with van der Waals surface area (Å²) in [6.45, 7) is 15.3. The molecule has 164 valence electrons. The van der Waals surface area contributed by atoms with Crippen LogP contribution < -0.4 is 4.74 Å². The number of methoxy groups -OCH3 is 1. The zero-order valence-corrected chi connectivity index (χ0v) is 19.9. The molecule has 2 heterocycles. The van der Waals surface area contributed by atoms with Gasteiger partial charge in [-0.3, -0.25) is 0 Å². The third-order valence-electron chi connectivity index (χ3n) is 6.37. The van der Waals surface area contributed by atoms with Crippen molar-refractivity contribution in [3.05, 3.63) is 29.8 Å². The first-order chi connectivity index (χ1) is 13.3. The summed E-state index contributed by atoms with van der Waals surface area (Å²) in [6.07, 6.45) is -2.26. The zero-order valence-electron chi connectivity index (χ0n) is 18.9. The number of benzene rings is 1. The van der Waals surface area contributed by atoms with E-state index in [0.29, 0.717) is 6.61 Å². The summed E-state index contributed by atoms with van der Waals surface area (Å²) >= 11 is 0. The molecule has 0 saturated carbocycles. The molecule has 3 rings (SSSR count). The molecule has 29 heavy (non-hydrogen) atoms. The Kier molecular flexibility index (Phi) is 6.22. The predicted octanol–water partition coefficient (Wildman–Crippen LogP) is 4.04. The smallest absolute Gasteiger partial charge is 0.192 e. The zero-order chi connectivity index (χ0) is 21.6. The Morgan fingerprint density at radius 1 is 1.10 bits per heavy atom. The molecule has 0 aromatic heterocycles. The van der Waals surface area contributed by atoms with Gasteiger partial charge in [0, 0.05) is 0 Å². The van der Waals surface area contributed by atoms with Crippen molar-refractivity contribution in [3.8, 4) is 5.75 Å². The van der Waals surface area contributed by atoms with E-state index in [-0.39, 0.29) is 23.4 Å². The Hall–Kier alpha value is -0.963. The average molecular weight is 425 g/mol. The van der Waals surface area contributed by atoms with Gasteiger partial charge in [0.25, 0.3) is 0 Å². The summed E-state index contributed by atoms with van der Waals surface area (Å²) in [5, 5.41) is 11.2. The molecule has 2 saturated heterocycles. The third-order valence-corrected chi connectivity index (χ3v) is 10.9. The Morgan fingerprint density at radius 2 is 1.69 bits per heavy atom. The molecule has 2 aliphatic heterocycles. The number of hydrogen-bond donors (Lipinski definition) is 1. The Morgan fingerprint density at radius 3 is 2.24 bits per heavy atom. The second-order valence-electron chi connectivity index (χ2n) is 9.99. The summed E-state index contributed by atoms with van der Waals surface area (Å²) in [6, 6.07) is 7.36. The fourth-order valence-corrected chi connectivity index (χ4v) is 4.62. The molecule has 1 N–H and O–H groups in total. The molecule has 5 atom stereocenters. The van der Waals surface area contributed by atoms with Crippen molar-refractivity contribution in [3.63, 3.8) is 0 Å². The molecule has 0 spiro atoms. The second-order valence-corrected chi connectivity index (χ2v) is 14.8. The minimum Gasteiger partial charge on any atom is -0.497 e. The van der Waals surface area contributed by atoms with Gasteiger partial charge in [-0.25, -0.2) is 0 Å². The van der Waals surface area contributed by atoms with Crippen molar-refractivity contribution in [2.45, 2.75) is 89.1 Å². The van der Waals surface area contributed by atoms with E-state index in [1.54, 1.807) is 7.11 Å². The van der Waals surface area contributed by atoms with Crippen molar-refractivity contribution < 1.29 is 28.5 Å². The molecule has 2 aliphatic rings. The molecule has 6 nitrogen and oxygen atoms in total. The highest BCUT2D eigenvalue weighted by atomic mass is 28.4. The first-order valence-electron chi connectivity index (χ1n) is 10.3. The van der Waals surface area contributed by atoms with Gasteiger partial charge in [0.15, 0.2) is 14.1 Å². The van der Waals surface area contributed by atoms with Gasteiger partial charge in [-0.15, -0.1) is 0 Å². The van der Waals surface area contributed by atoms with Gasteiger partial charge < -0.3 is 28.5 Å². The first-order valence-corrected chi connectivity index (χ1v) is 13.2. The van der Waals surface area contributed by atoms with Crippen LogP contribution in [0.15, 0.2) is 24.3 Å². The second kappa shape index (κ2) is 7.94. The minimum absolute atomic E-state index is 0.110. The molecule has 1 aromatic carbocycles. The third kappa shape index (κ3) is 4.70. The van der Waals surface area contributed by atoms with Crippen LogP contribution in [0.1, 0.15) is 46.3 Å². The van der Waals surface area contributed by atoms with Crippen molar-refractivity contribution in [1.82, 2.24) is 0 Å². The standard InChI is InChI=1S/C22H36O6Si/c1-21(2,3)29(7,8)25-13-16-18-20(28-22(4,5)27-18)19(26-16)17(23)14-9-11-15(24-6)12-10-14/h9-12,16-20,23H,13H2,1-8H3/t16-,17+,18-,19-,20-/m1/s1. The van der Waals surface area contributed by atoms with E-state index in [2.05, 4.69) is 33.9 Å². The molecule has 0 amide bonds. The van der Waals surface area contributed by atoms with E-state index in [0.717, 1.165) is 11.3 Å². The molecule has 0 unspecified atom stereocenters. The largest absolute Gasteiger partial charge is 0.497 e. The van der Waals surface area contributed by atoms with Crippen LogP contribution in [0.25, 0.3) is 0 Å². The number of rotatable bonds is 6. The molecule has 0 radical (unpaired) electrons. The van der Waals surface area contributed by atoms with Crippen LogP contribution in [-0.4, -0.2) is 57.3 Å². The Bertz CT molecular complexity index is 696. The Labute approximate surface area is 175 Å². The van der Waals surface area contributed by atoms with E-state index in [1.165, 1.54) is 0 Å². The van der Waals surface area contributed by atoms with Gasteiger partial charge in [-0.1, -0.05) is 32.9 Å². The van der Waals surface area contributed by atoms with Gasteiger partial charge >= 0.3 is 0 Å². The van der Waals surface area contributed by atoms with Crippen LogP contribution in [0, 0.1) is 0 Å². The molecular weight excluding hydrogens is 388 g/mol. The van der Waals surface area contributed by atoms with Gasteiger partial charge in [-0.2, -0.15) is 0 Å². The highest BCUT2D eigenvalue weighted by molar-refractivity contribution is 6.74. The van der Waals surface area contributed by atoms with Crippen molar-refractivity contribution in [1.29, 1.82) is 0 Å². The summed E-state index contributed by atoms with van der Waals surface area (Å²) < 4.78 is 30.1. The van der Waals surface area contributed by atoms with E-state index in [4.69, 9.17) is 23.4 Å². The van der Waals surface area contributed by atoms with Gasteiger partial charge in [0.1, 0.15) is 36.3 Å². The highest BCUT2D eigenvalue weighted by Crippen LogP contribution is 2.44. The quantitative estimate of drug-likeness (QED) is 0.695. The molecule has 7 heteroatoms. The van der Waals surface area contributed by atoms with E-state index >= 15 is 0 Å². The van der Waals surface area contributed by atoms with Crippen LogP contribution in [0.5, 0.6) is 5.75 Å². The lowest BCUT2D eigenvalue weighted by Gasteiger charge is -2.37. The minimum atomic E-state index is -1.93. The predicted molar refractivity (Wildman–Crippen MR) is 114 cm³/mol.